The molecule has 0 aromatic heterocycles. The molecule has 0 aliphatic rings. The summed E-state index contributed by atoms with van der Waals surface area (Å²) in [4.78, 5) is 15.8. The van der Waals surface area contributed by atoms with Gasteiger partial charge in [0.1, 0.15) is 11.5 Å². The van der Waals surface area contributed by atoms with Crippen LogP contribution in [0.1, 0.15) is 18.1 Å². The molecular weight excluding hydrogens is 495 g/mol. The fourth-order valence-corrected chi connectivity index (χ4v) is 2.77. The Morgan fingerprint density at radius 2 is 1.87 bits per heavy atom. The number of methoxy groups -OCH3 is 1. The van der Waals surface area contributed by atoms with E-state index in [1.807, 2.05) is 49.4 Å². The first-order valence-corrected chi connectivity index (χ1v) is 9.71. The van der Waals surface area contributed by atoms with Gasteiger partial charge >= 0.3 is 0 Å². The largest absolute Gasteiger partial charge is 0.496 e. The van der Waals surface area contributed by atoms with Crippen molar-refractivity contribution in [3.63, 3.8) is 0 Å². The molecule has 2 rings (SSSR count). The summed E-state index contributed by atoms with van der Waals surface area (Å²) in [5.41, 5.74) is 2.18. The molecule has 0 unspecified atom stereocenters. The van der Waals surface area contributed by atoms with E-state index in [4.69, 9.17) is 9.47 Å². The van der Waals surface area contributed by atoms with Gasteiger partial charge in [0.25, 0.3) is 5.91 Å². The molecule has 0 radical (unpaired) electrons. The molecule has 1 amide bonds. The maximum Gasteiger partial charge on any atom is 0.257 e. The van der Waals surface area contributed by atoms with Crippen LogP contribution in [0.15, 0.2) is 53.5 Å². The lowest BCUT2D eigenvalue weighted by atomic mass is 10.1. The maximum atomic E-state index is 11.5. The van der Waals surface area contributed by atoms with E-state index in [1.54, 1.807) is 14.2 Å². The highest BCUT2D eigenvalue weighted by Crippen LogP contribution is 2.17. The third-order valence-electron chi connectivity index (χ3n) is 4.21. The lowest BCUT2D eigenvalue weighted by molar-refractivity contribution is -0.122. The molecule has 30 heavy (non-hydrogen) atoms. The second-order valence-electron chi connectivity index (χ2n) is 6.30. The summed E-state index contributed by atoms with van der Waals surface area (Å²) in [7, 11) is 3.42. The van der Waals surface area contributed by atoms with Crippen molar-refractivity contribution in [2.24, 2.45) is 4.99 Å². The number of nitrogens with one attached hydrogen (secondary N) is 3. The molecule has 0 saturated carbocycles. The number of benzene rings is 2. The van der Waals surface area contributed by atoms with Crippen molar-refractivity contribution in [2.45, 2.75) is 19.9 Å². The molecule has 0 spiro atoms. The summed E-state index contributed by atoms with van der Waals surface area (Å²) in [5, 5.41) is 9.30. The smallest absolute Gasteiger partial charge is 0.257 e. The Kier molecular flexibility index (Phi) is 12.3. The number of para-hydroxylation sites is 1. The standard InChI is InChI=1S/C22H30N4O3.HI/c1-4-24-21(27)16-29-19-10-7-8-17(14-19)15-26-22(23-2)25-13-12-18-9-5-6-11-20(18)28-3;/h5-11,14H,4,12-13,15-16H2,1-3H3,(H,24,27)(H2,23,25,26);1H. The van der Waals surface area contributed by atoms with Crippen molar-refractivity contribution in [3.05, 3.63) is 59.7 Å². The SMILES string of the molecule is CCNC(=O)COc1cccc(CNC(=NC)NCCc2ccccc2OC)c1.I. The number of rotatable bonds is 10. The van der Waals surface area contributed by atoms with E-state index in [-0.39, 0.29) is 36.5 Å². The predicted octanol–water partition coefficient (Wildman–Crippen LogP) is 2.74. The number of likely N-dealkylation sites (N-methyl/N-ethyl adjacent to an activating group) is 1. The molecule has 0 fully saturated rings. The highest BCUT2D eigenvalue weighted by molar-refractivity contribution is 14.0. The van der Waals surface area contributed by atoms with Gasteiger partial charge in [-0.15, -0.1) is 24.0 Å². The van der Waals surface area contributed by atoms with Gasteiger partial charge in [-0.2, -0.15) is 0 Å². The van der Waals surface area contributed by atoms with E-state index in [2.05, 4.69) is 27.0 Å². The number of carbonyl (C=O) groups excluding carboxylic acids is 1. The van der Waals surface area contributed by atoms with E-state index >= 15 is 0 Å². The van der Waals surface area contributed by atoms with Crippen LogP contribution in [-0.2, 0) is 17.8 Å². The van der Waals surface area contributed by atoms with Crippen LogP contribution in [0.25, 0.3) is 0 Å². The fourth-order valence-electron chi connectivity index (χ4n) is 2.77. The number of guanidine groups is 1. The highest BCUT2D eigenvalue weighted by Gasteiger charge is 2.05. The normalized spacial score (nSPS) is 10.6. The van der Waals surface area contributed by atoms with Crippen LogP contribution in [0.4, 0.5) is 0 Å². The van der Waals surface area contributed by atoms with Crippen molar-refractivity contribution in [2.75, 3.05) is 33.9 Å². The number of nitrogens with zero attached hydrogens (tertiary/aromatic N) is 1. The topological polar surface area (TPSA) is 84.0 Å². The third-order valence-corrected chi connectivity index (χ3v) is 4.21. The van der Waals surface area contributed by atoms with Gasteiger partial charge in [0.2, 0.25) is 0 Å². The monoisotopic (exact) mass is 526 g/mol. The molecule has 8 heteroatoms. The highest BCUT2D eigenvalue weighted by atomic mass is 127. The molecule has 0 heterocycles. The lowest BCUT2D eigenvalue weighted by Gasteiger charge is -2.14. The Bertz CT molecular complexity index is 814. The third kappa shape index (κ3) is 8.89. The molecule has 2 aromatic rings. The summed E-state index contributed by atoms with van der Waals surface area (Å²) in [5.74, 6) is 2.14. The number of hydrogen-bond donors (Lipinski definition) is 3. The number of hydrogen-bond acceptors (Lipinski definition) is 4. The van der Waals surface area contributed by atoms with Gasteiger partial charge in [0.05, 0.1) is 7.11 Å². The Labute approximate surface area is 195 Å². The van der Waals surface area contributed by atoms with Crippen LogP contribution in [0.5, 0.6) is 11.5 Å². The molecule has 0 bridgehead atoms. The van der Waals surface area contributed by atoms with Gasteiger partial charge in [0.15, 0.2) is 12.6 Å². The van der Waals surface area contributed by atoms with Crippen LogP contribution in [0, 0.1) is 0 Å². The first kappa shape index (κ1) is 25.5. The summed E-state index contributed by atoms with van der Waals surface area (Å²) < 4.78 is 10.9. The van der Waals surface area contributed by atoms with E-state index in [0.29, 0.717) is 24.8 Å². The molecule has 0 saturated heterocycles. The van der Waals surface area contributed by atoms with E-state index in [0.717, 1.165) is 29.8 Å². The number of carbonyl (C=O) groups is 1. The van der Waals surface area contributed by atoms with Crippen molar-refractivity contribution < 1.29 is 14.3 Å². The fraction of sp³-hybridized carbons (Fsp3) is 0.364. The quantitative estimate of drug-likeness (QED) is 0.252. The average Bonchev–Trinajstić information content (AvgIpc) is 2.75. The minimum absolute atomic E-state index is 0. The zero-order chi connectivity index (χ0) is 20.9. The average molecular weight is 526 g/mol. The Morgan fingerprint density at radius 3 is 2.60 bits per heavy atom. The van der Waals surface area contributed by atoms with Gasteiger partial charge < -0.3 is 25.4 Å². The van der Waals surface area contributed by atoms with Gasteiger partial charge in [-0.3, -0.25) is 9.79 Å². The van der Waals surface area contributed by atoms with Crippen LogP contribution in [0.2, 0.25) is 0 Å². The van der Waals surface area contributed by atoms with Crippen LogP contribution < -0.4 is 25.4 Å². The van der Waals surface area contributed by atoms with Gasteiger partial charge in [-0.05, 0) is 42.7 Å². The predicted molar refractivity (Wildman–Crippen MR) is 131 cm³/mol. The van der Waals surface area contributed by atoms with E-state index in [9.17, 15) is 4.79 Å². The molecule has 2 aromatic carbocycles. The number of aliphatic imine (C=N–C) groups is 1. The molecule has 3 N–H and O–H groups in total. The van der Waals surface area contributed by atoms with Gasteiger partial charge in [-0.25, -0.2) is 0 Å². The van der Waals surface area contributed by atoms with Gasteiger partial charge in [0, 0.05) is 26.7 Å². The molecule has 0 aliphatic heterocycles. The zero-order valence-electron chi connectivity index (χ0n) is 17.7. The van der Waals surface area contributed by atoms with Crippen molar-refractivity contribution in [1.29, 1.82) is 0 Å². The minimum atomic E-state index is -0.129. The first-order valence-electron chi connectivity index (χ1n) is 9.71. The summed E-state index contributed by atoms with van der Waals surface area (Å²) in [6.45, 7) is 3.80. The van der Waals surface area contributed by atoms with Crippen LogP contribution in [-0.4, -0.2) is 45.7 Å². The molecule has 164 valence electrons. The second-order valence-corrected chi connectivity index (χ2v) is 6.30. The molecular formula is C22H31IN4O3. The second kappa shape index (κ2) is 14.5. The molecule has 7 nitrogen and oxygen atoms in total. The lowest BCUT2D eigenvalue weighted by Crippen LogP contribution is -2.37. The van der Waals surface area contributed by atoms with Gasteiger partial charge in [-0.1, -0.05) is 30.3 Å². The summed E-state index contributed by atoms with van der Waals surface area (Å²) in [6, 6.07) is 15.6. The number of ether oxygens (including phenoxy) is 2. The number of amides is 1. The molecule has 0 aliphatic carbocycles. The summed E-state index contributed by atoms with van der Waals surface area (Å²) in [6.07, 6.45) is 0.827. The van der Waals surface area contributed by atoms with Crippen molar-refractivity contribution in [3.8, 4) is 11.5 Å². The maximum absolute atomic E-state index is 11.5. The first-order chi connectivity index (χ1) is 14.2. The van der Waals surface area contributed by atoms with Crippen LogP contribution in [0.3, 0.4) is 0 Å². The van der Waals surface area contributed by atoms with Crippen molar-refractivity contribution in [1.82, 2.24) is 16.0 Å². The minimum Gasteiger partial charge on any atom is -0.496 e. The van der Waals surface area contributed by atoms with E-state index in [1.165, 1.54) is 0 Å². The zero-order valence-corrected chi connectivity index (χ0v) is 20.1. The summed E-state index contributed by atoms with van der Waals surface area (Å²) >= 11 is 0. The Morgan fingerprint density at radius 1 is 1.07 bits per heavy atom. The Balaban J connectivity index is 0.00000450. The Hall–Kier alpha value is -2.49. The number of halogens is 1. The van der Waals surface area contributed by atoms with Crippen molar-refractivity contribution >= 4 is 35.8 Å². The van der Waals surface area contributed by atoms with E-state index < -0.39 is 0 Å². The van der Waals surface area contributed by atoms with Crippen LogP contribution >= 0.6 is 24.0 Å². The molecule has 0 atom stereocenters.